The number of nitrogens with zero attached hydrogens (tertiary/aromatic N) is 1. The lowest BCUT2D eigenvalue weighted by molar-refractivity contribution is -0.112. The second kappa shape index (κ2) is 10.9. The Morgan fingerprint density at radius 3 is 2.49 bits per heavy atom. The van der Waals surface area contributed by atoms with Gasteiger partial charge < -0.3 is 14.8 Å². The molecule has 0 bridgehead atoms. The first-order chi connectivity index (χ1) is 17.0. The Morgan fingerprint density at radius 1 is 1.00 bits per heavy atom. The number of benzene rings is 4. The second-order valence-electron chi connectivity index (χ2n) is 7.93. The van der Waals surface area contributed by atoms with Crippen molar-refractivity contribution in [3.8, 4) is 17.6 Å². The van der Waals surface area contributed by atoms with Crippen LogP contribution in [0.4, 0.5) is 5.69 Å². The average Bonchev–Trinajstić information content (AvgIpc) is 2.88. The molecule has 6 heteroatoms. The van der Waals surface area contributed by atoms with E-state index in [2.05, 4.69) is 45.5 Å². The lowest BCUT2D eigenvalue weighted by Gasteiger charge is -2.14. The molecule has 4 rings (SSSR count). The number of fused-ring (bicyclic) bond motifs is 1. The van der Waals surface area contributed by atoms with Crippen LogP contribution in [0.25, 0.3) is 16.8 Å². The Labute approximate surface area is 212 Å². The number of amides is 1. The molecule has 1 N–H and O–H groups in total. The molecule has 0 atom stereocenters. The van der Waals surface area contributed by atoms with Gasteiger partial charge in [-0.3, -0.25) is 4.79 Å². The smallest absolute Gasteiger partial charge is 0.266 e. The van der Waals surface area contributed by atoms with Crippen molar-refractivity contribution < 1.29 is 14.3 Å². The minimum Gasteiger partial charge on any atom is -0.493 e. The minimum atomic E-state index is -0.482. The molecule has 0 aliphatic heterocycles. The zero-order chi connectivity index (χ0) is 24.8. The molecule has 0 radical (unpaired) electrons. The van der Waals surface area contributed by atoms with Crippen molar-refractivity contribution in [3.05, 3.63) is 106 Å². The van der Waals surface area contributed by atoms with Gasteiger partial charge in [0.05, 0.1) is 7.11 Å². The number of anilines is 1. The molecule has 0 aliphatic carbocycles. The highest BCUT2D eigenvalue weighted by molar-refractivity contribution is 9.10. The van der Waals surface area contributed by atoms with Crippen LogP contribution in [0.2, 0.25) is 0 Å². The number of nitrogens with one attached hydrogen (secondary N) is 1. The third kappa shape index (κ3) is 5.71. The Hall–Kier alpha value is -4.08. The molecular weight excluding hydrogens is 504 g/mol. The van der Waals surface area contributed by atoms with Crippen molar-refractivity contribution in [1.29, 1.82) is 5.26 Å². The summed E-state index contributed by atoms with van der Waals surface area (Å²) in [5.74, 6) is 0.564. The van der Waals surface area contributed by atoms with Gasteiger partial charge in [0.15, 0.2) is 11.5 Å². The molecule has 0 spiro atoms. The Kier molecular flexibility index (Phi) is 7.49. The molecule has 0 aromatic heterocycles. The number of nitriles is 1. The van der Waals surface area contributed by atoms with Gasteiger partial charge in [-0.1, -0.05) is 70.5 Å². The monoisotopic (exact) mass is 526 g/mol. The summed E-state index contributed by atoms with van der Waals surface area (Å²) in [5, 5.41) is 14.7. The second-order valence-corrected chi connectivity index (χ2v) is 8.79. The number of hydrogen-bond donors (Lipinski definition) is 1. The average molecular weight is 527 g/mol. The maximum absolute atomic E-state index is 12.7. The molecule has 4 aromatic carbocycles. The maximum atomic E-state index is 12.7. The topological polar surface area (TPSA) is 71.3 Å². The van der Waals surface area contributed by atoms with Gasteiger partial charge in [0, 0.05) is 10.2 Å². The summed E-state index contributed by atoms with van der Waals surface area (Å²) in [6.45, 7) is 2.26. The van der Waals surface area contributed by atoms with Crippen molar-refractivity contribution in [3.63, 3.8) is 0 Å². The Balaban J connectivity index is 1.55. The van der Waals surface area contributed by atoms with E-state index >= 15 is 0 Å². The Bertz CT molecular complexity index is 1470. The van der Waals surface area contributed by atoms with Gasteiger partial charge in [0.25, 0.3) is 5.91 Å². The SMILES string of the molecule is COc1cc(/C=C(/C#N)C(=O)Nc2ccccc2C)c(Br)cc1OCc1ccc2ccccc2c1. The molecule has 1 amide bonds. The first-order valence-electron chi connectivity index (χ1n) is 11.0. The number of hydrogen-bond acceptors (Lipinski definition) is 4. The van der Waals surface area contributed by atoms with Gasteiger partial charge in [-0.15, -0.1) is 0 Å². The fourth-order valence-electron chi connectivity index (χ4n) is 3.63. The van der Waals surface area contributed by atoms with E-state index in [1.807, 2.05) is 49.4 Å². The number of carbonyl (C=O) groups excluding carboxylic acids is 1. The van der Waals surface area contributed by atoms with Crippen LogP contribution < -0.4 is 14.8 Å². The highest BCUT2D eigenvalue weighted by Crippen LogP contribution is 2.35. The van der Waals surface area contributed by atoms with Crippen LogP contribution in [-0.4, -0.2) is 13.0 Å². The van der Waals surface area contributed by atoms with E-state index in [0.717, 1.165) is 16.5 Å². The predicted octanol–water partition coefficient (Wildman–Crippen LogP) is 7.04. The zero-order valence-corrected chi connectivity index (χ0v) is 20.9. The fourth-order valence-corrected chi connectivity index (χ4v) is 4.07. The minimum absolute atomic E-state index is 0.0270. The van der Waals surface area contributed by atoms with Gasteiger partial charge >= 0.3 is 0 Å². The number of para-hydroxylation sites is 1. The van der Waals surface area contributed by atoms with E-state index < -0.39 is 5.91 Å². The largest absolute Gasteiger partial charge is 0.493 e. The standard InChI is InChI=1S/C29H23BrN2O3/c1-19-7-3-6-10-26(19)32-29(33)24(17-31)14-23-15-27(34-2)28(16-25(23)30)35-18-20-11-12-21-8-4-5-9-22(21)13-20/h3-16H,18H2,1-2H3,(H,32,33)/b24-14-. The first-order valence-corrected chi connectivity index (χ1v) is 11.7. The van der Waals surface area contributed by atoms with Gasteiger partial charge in [0.2, 0.25) is 0 Å². The first kappa shape index (κ1) is 24.1. The van der Waals surface area contributed by atoms with Crippen molar-refractivity contribution in [2.24, 2.45) is 0 Å². The summed E-state index contributed by atoms with van der Waals surface area (Å²) in [4.78, 5) is 12.7. The molecule has 35 heavy (non-hydrogen) atoms. The maximum Gasteiger partial charge on any atom is 0.266 e. The number of rotatable bonds is 7. The van der Waals surface area contributed by atoms with Gasteiger partial charge in [-0.05, 0) is 64.7 Å². The van der Waals surface area contributed by atoms with Crippen LogP contribution in [0.1, 0.15) is 16.7 Å². The summed E-state index contributed by atoms with van der Waals surface area (Å²) in [6.07, 6.45) is 1.52. The number of ether oxygens (including phenoxy) is 2. The highest BCUT2D eigenvalue weighted by atomic mass is 79.9. The van der Waals surface area contributed by atoms with Gasteiger partial charge in [-0.25, -0.2) is 0 Å². The fraction of sp³-hybridized carbons (Fsp3) is 0.103. The van der Waals surface area contributed by atoms with Crippen LogP contribution >= 0.6 is 15.9 Å². The molecule has 4 aromatic rings. The van der Waals surface area contributed by atoms with E-state index in [-0.39, 0.29) is 5.57 Å². The molecule has 174 valence electrons. The van der Waals surface area contributed by atoms with E-state index in [1.54, 1.807) is 25.3 Å². The van der Waals surface area contributed by atoms with Crippen molar-refractivity contribution in [2.75, 3.05) is 12.4 Å². The summed E-state index contributed by atoms with van der Waals surface area (Å²) in [6, 6.07) is 27.3. The molecule has 5 nitrogen and oxygen atoms in total. The Morgan fingerprint density at radius 2 is 1.74 bits per heavy atom. The zero-order valence-electron chi connectivity index (χ0n) is 19.3. The number of halogens is 1. The quantitative estimate of drug-likeness (QED) is 0.207. The van der Waals surface area contributed by atoms with Crippen LogP contribution in [0.3, 0.4) is 0 Å². The number of carbonyl (C=O) groups is 1. The van der Waals surface area contributed by atoms with E-state index in [9.17, 15) is 10.1 Å². The summed E-state index contributed by atoms with van der Waals surface area (Å²) < 4.78 is 12.2. The molecule has 0 aliphatic rings. The molecule has 0 heterocycles. The summed E-state index contributed by atoms with van der Waals surface area (Å²) in [5.41, 5.74) is 3.20. The lowest BCUT2D eigenvalue weighted by atomic mass is 10.1. The third-order valence-electron chi connectivity index (χ3n) is 5.55. The van der Waals surface area contributed by atoms with E-state index in [0.29, 0.717) is 33.8 Å². The highest BCUT2D eigenvalue weighted by Gasteiger charge is 2.14. The van der Waals surface area contributed by atoms with Crippen molar-refractivity contribution >= 4 is 44.4 Å². The molecule has 0 unspecified atom stereocenters. The van der Waals surface area contributed by atoms with Gasteiger partial charge in [0.1, 0.15) is 18.2 Å². The summed E-state index contributed by atoms with van der Waals surface area (Å²) >= 11 is 3.53. The number of aryl methyl sites for hydroxylation is 1. The molecule has 0 saturated carbocycles. The number of methoxy groups -OCH3 is 1. The summed E-state index contributed by atoms with van der Waals surface area (Å²) in [7, 11) is 1.55. The third-order valence-corrected chi connectivity index (χ3v) is 6.24. The molecule has 0 fully saturated rings. The van der Waals surface area contributed by atoms with E-state index in [1.165, 1.54) is 11.5 Å². The lowest BCUT2D eigenvalue weighted by Crippen LogP contribution is -2.14. The van der Waals surface area contributed by atoms with Crippen molar-refractivity contribution in [1.82, 2.24) is 0 Å². The van der Waals surface area contributed by atoms with E-state index in [4.69, 9.17) is 9.47 Å². The predicted molar refractivity (Wildman–Crippen MR) is 142 cm³/mol. The molecular formula is C29H23BrN2O3. The van der Waals surface area contributed by atoms with Crippen LogP contribution in [0.5, 0.6) is 11.5 Å². The van der Waals surface area contributed by atoms with Crippen LogP contribution in [0, 0.1) is 18.3 Å². The van der Waals surface area contributed by atoms with Gasteiger partial charge in [-0.2, -0.15) is 5.26 Å². The molecule has 0 saturated heterocycles. The van der Waals surface area contributed by atoms with Crippen LogP contribution in [-0.2, 0) is 11.4 Å². The van der Waals surface area contributed by atoms with Crippen LogP contribution in [0.15, 0.2) is 88.9 Å². The van der Waals surface area contributed by atoms with Crippen molar-refractivity contribution in [2.45, 2.75) is 13.5 Å². The normalized spacial score (nSPS) is 11.1.